The van der Waals surface area contributed by atoms with E-state index in [2.05, 4.69) is 26.0 Å². The Balaban J connectivity index is 3.19. The lowest BCUT2D eigenvalue weighted by atomic mass is 10.1. The van der Waals surface area contributed by atoms with Gasteiger partial charge in [-0.05, 0) is 38.5 Å². The summed E-state index contributed by atoms with van der Waals surface area (Å²) in [6.45, 7) is 5.11. The molecule has 0 aliphatic heterocycles. The quantitative estimate of drug-likeness (QED) is 0.123. The summed E-state index contributed by atoms with van der Waals surface area (Å²) in [5, 5.41) is 0. The molecule has 0 saturated carbocycles. The molecule has 2 heteroatoms. The molecule has 0 radical (unpaired) electrons. The Labute approximate surface area is 164 Å². The first-order valence-electron chi connectivity index (χ1n) is 11.6. The van der Waals surface area contributed by atoms with Crippen LogP contribution in [0.15, 0.2) is 12.2 Å². The van der Waals surface area contributed by atoms with Gasteiger partial charge in [0.15, 0.2) is 0 Å². The third kappa shape index (κ3) is 21.3. The Hall–Kier alpha value is -0.790. The third-order valence-electron chi connectivity index (χ3n) is 4.90. The normalized spacial score (nSPS) is 11.3. The maximum Gasteiger partial charge on any atom is 0.305 e. The zero-order chi connectivity index (χ0) is 19.1. The smallest absolute Gasteiger partial charge is 0.305 e. The average Bonchev–Trinajstić information content (AvgIpc) is 2.64. The van der Waals surface area contributed by atoms with E-state index in [1.165, 1.54) is 89.9 Å². The van der Waals surface area contributed by atoms with Gasteiger partial charge in [0.05, 0.1) is 6.61 Å². The Morgan fingerprint density at radius 2 is 1.08 bits per heavy atom. The van der Waals surface area contributed by atoms with Crippen LogP contribution in [-0.4, -0.2) is 12.6 Å². The highest BCUT2D eigenvalue weighted by molar-refractivity contribution is 5.69. The largest absolute Gasteiger partial charge is 0.466 e. The molecule has 0 atom stereocenters. The van der Waals surface area contributed by atoms with Crippen LogP contribution in [0.3, 0.4) is 0 Å². The summed E-state index contributed by atoms with van der Waals surface area (Å²) in [7, 11) is 0. The van der Waals surface area contributed by atoms with Crippen molar-refractivity contribution in [2.75, 3.05) is 6.61 Å². The SMILES string of the molecule is CCCCCCC=CCCCCCCCC(=O)OCCCCCCCC. The minimum atomic E-state index is 0.00423. The molecule has 26 heavy (non-hydrogen) atoms. The molecule has 0 saturated heterocycles. The van der Waals surface area contributed by atoms with E-state index in [0.29, 0.717) is 13.0 Å². The summed E-state index contributed by atoms with van der Waals surface area (Å²) < 4.78 is 5.31. The number of carbonyl (C=O) groups excluding carboxylic acids is 1. The van der Waals surface area contributed by atoms with Crippen LogP contribution < -0.4 is 0 Å². The van der Waals surface area contributed by atoms with Crippen molar-refractivity contribution >= 4 is 5.97 Å². The molecule has 0 spiro atoms. The van der Waals surface area contributed by atoms with E-state index in [9.17, 15) is 4.79 Å². The number of allylic oxidation sites excluding steroid dienone is 2. The first-order valence-corrected chi connectivity index (χ1v) is 11.6. The molecule has 2 nitrogen and oxygen atoms in total. The van der Waals surface area contributed by atoms with E-state index in [0.717, 1.165) is 19.3 Å². The van der Waals surface area contributed by atoms with Gasteiger partial charge < -0.3 is 4.74 Å². The first kappa shape index (κ1) is 25.2. The third-order valence-corrected chi connectivity index (χ3v) is 4.90. The van der Waals surface area contributed by atoms with Gasteiger partial charge in [0.1, 0.15) is 0 Å². The van der Waals surface area contributed by atoms with E-state index >= 15 is 0 Å². The molecule has 0 N–H and O–H groups in total. The average molecular weight is 367 g/mol. The number of ether oxygens (including phenoxy) is 1. The Morgan fingerprint density at radius 1 is 0.615 bits per heavy atom. The molecule has 154 valence electrons. The molecule has 0 aromatic heterocycles. The number of unbranched alkanes of at least 4 members (excludes halogenated alkanes) is 14. The summed E-state index contributed by atoms with van der Waals surface area (Å²) in [5.74, 6) is 0.00423. The van der Waals surface area contributed by atoms with Crippen LogP contribution in [-0.2, 0) is 9.53 Å². The van der Waals surface area contributed by atoms with Crippen molar-refractivity contribution in [3.63, 3.8) is 0 Å². The van der Waals surface area contributed by atoms with Crippen LogP contribution in [0.5, 0.6) is 0 Å². The van der Waals surface area contributed by atoms with Crippen LogP contribution in [0.1, 0.15) is 129 Å². The molecular weight excluding hydrogens is 320 g/mol. The number of esters is 1. The fraction of sp³-hybridized carbons (Fsp3) is 0.875. The van der Waals surface area contributed by atoms with Gasteiger partial charge in [0.25, 0.3) is 0 Å². The van der Waals surface area contributed by atoms with Crippen molar-refractivity contribution in [1.82, 2.24) is 0 Å². The highest BCUT2D eigenvalue weighted by Crippen LogP contribution is 2.10. The van der Waals surface area contributed by atoms with E-state index in [-0.39, 0.29) is 5.97 Å². The summed E-state index contributed by atoms with van der Waals surface area (Å²) >= 11 is 0. The number of hydrogen-bond acceptors (Lipinski definition) is 2. The van der Waals surface area contributed by atoms with Gasteiger partial charge in [-0.15, -0.1) is 0 Å². The number of carbonyl (C=O) groups is 1. The van der Waals surface area contributed by atoms with Gasteiger partial charge in [-0.1, -0.05) is 96.6 Å². The summed E-state index contributed by atoms with van der Waals surface area (Å²) in [4.78, 5) is 11.6. The lowest BCUT2D eigenvalue weighted by Crippen LogP contribution is -2.05. The Kier molecular flexibility index (Phi) is 21.6. The van der Waals surface area contributed by atoms with Crippen molar-refractivity contribution in [2.45, 2.75) is 129 Å². The second-order valence-corrected chi connectivity index (χ2v) is 7.62. The van der Waals surface area contributed by atoms with E-state index in [1.54, 1.807) is 0 Å². The van der Waals surface area contributed by atoms with Crippen LogP contribution >= 0.6 is 0 Å². The Bertz CT molecular complexity index is 309. The maximum absolute atomic E-state index is 11.6. The van der Waals surface area contributed by atoms with Crippen molar-refractivity contribution in [1.29, 1.82) is 0 Å². The molecule has 0 unspecified atom stereocenters. The van der Waals surface area contributed by atoms with Crippen LogP contribution in [0.2, 0.25) is 0 Å². The molecule has 0 fully saturated rings. The van der Waals surface area contributed by atoms with Gasteiger partial charge in [-0.25, -0.2) is 0 Å². The highest BCUT2D eigenvalue weighted by atomic mass is 16.5. The summed E-state index contributed by atoms with van der Waals surface area (Å²) in [5.41, 5.74) is 0. The monoisotopic (exact) mass is 366 g/mol. The summed E-state index contributed by atoms with van der Waals surface area (Å²) in [6.07, 6.45) is 26.6. The highest BCUT2D eigenvalue weighted by Gasteiger charge is 2.02. The van der Waals surface area contributed by atoms with Gasteiger partial charge in [-0.3, -0.25) is 4.79 Å². The van der Waals surface area contributed by atoms with E-state index < -0.39 is 0 Å². The lowest BCUT2D eigenvalue weighted by molar-refractivity contribution is -0.143. The zero-order valence-electron chi connectivity index (χ0n) is 17.9. The molecular formula is C24H46O2. The van der Waals surface area contributed by atoms with E-state index in [1.807, 2.05) is 0 Å². The van der Waals surface area contributed by atoms with Gasteiger partial charge in [-0.2, -0.15) is 0 Å². The number of rotatable bonds is 20. The minimum Gasteiger partial charge on any atom is -0.466 e. The lowest BCUT2D eigenvalue weighted by Gasteiger charge is -2.05. The van der Waals surface area contributed by atoms with Crippen LogP contribution in [0, 0.1) is 0 Å². The van der Waals surface area contributed by atoms with Crippen molar-refractivity contribution in [2.24, 2.45) is 0 Å². The van der Waals surface area contributed by atoms with Crippen LogP contribution in [0.25, 0.3) is 0 Å². The van der Waals surface area contributed by atoms with Gasteiger partial charge in [0.2, 0.25) is 0 Å². The predicted octanol–water partition coefficient (Wildman–Crippen LogP) is 8.15. The van der Waals surface area contributed by atoms with E-state index in [4.69, 9.17) is 4.74 Å². The summed E-state index contributed by atoms with van der Waals surface area (Å²) in [6, 6.07) is 0. The van der Waals surface area contributed by atoms with Crippen molar-refractivity contribution in [3.05, 3.63) is 12.2 Å². The molecule has 0 aromatic rings. The standard InChI is InChI=1S/C24H46O2/c1-3-5-7-9-11-12-13-14-15-16-17-18-20-22-24(25)26-23-21-19-10-8-6-4-2/h12-13H,3-11,14-23H2,1-2H3. The molecule has 0 amide bonds. The molecule has 0 aliphatic rings. The second-order valence-electron chi connectivity index (χ2n) is 7.62. The Morgan fingerprint density at radius 3 is 1.69 bits per heavy atom. The molecule has 0 bridgehead atoms. The first-order chi connectivity index (χ1) is 12.8. The maximum atomic E-state index is 11.6. The second kappa shape index (κ2) is 22.3. The predicted molar refractivity (Wildman–Crippen MR) is 115 cm³/mol. The zero-order valence-corrected chi connectivity index (χ0v) is 17.9. The molecule has 0 heterocycles. The molecule has 0 rings (SSSR count). The van der Waals surface area contributed by atoms with Crippen molar-refractivity contribution in [3.8, 4) is 0 Å². The van der Waals surface area contributed by atoms with Gasteiger partial charge >= 0.3 is 5.97 Å². The molecule has 0 aliphatic carbocycles. The number of hydrogen-bond donors (Lipinski definition) is 0. The van der Waals surface area contributed by atoms with Crippen molar-refractivity contribution < 1.29 is 9.53 Å². The van der Waals surface area contributed by atoms with Crippen LogP contribution in [0.4, 0.5) is 0 Å². The fourth-order valence-electron chi connectivity index (χ4n) is 3.13. The van der Waals surface area contributed by atoms with Gasteiger partial charge in [0, 0.05) is 6.42 Å². The fourth-order valence-corrected chi connectivity index (χ4v) is 3.13. The molecule has 0 aromatic carbocycles. The minimum absolute atomic E-state index is 0.00423. The topological polar surface area (TPSA) is 26.3 Å².